The lowest BCUT2D eigenvalue weighted by Gasteiger charge is -2.32. The minimum absolute atomic E-state index is 0.0469. The fourth-order valence-corrected chi connectivity index (χ4v) is 8.16. The van der Waals surface area contributed by atoms with Gasteiger partial charge in [0.05, 0.1) is 11.8 Å². The van der Waals surface area contributed by atoms with Gasteiger partial charge in [-0.25, -0.2) is 15.0 Å². The normalized spacial score (nSPS) is 29.3. The van der Waals surface area contributed by atoms with Crippen LogP contribution in [0.4, 0.5) is 0 Å². The Kier molecular flexibility index (Phi) is 5.95. The van der Waals surface area contributed by atoms with E-state index in [1.165, 1.54) is 51.3 Å². The molecule has 6 aliphatic carbocycles. The van der Waals surface area contributed by atoms with E-state index in [9.17, 15) is 0 Å². The summed E-state index contributed by atoms with van der Waals surface area (Å²) in [5, 5.41) is 2.76. The van der Waals surface area contributed by atoms with Gasteiger partial charge in [-0.2, -0.15) is 0 Å². The molecule has 2 heterocycles. The zero-order chi connectivity index (χ0) is 28.3. The van der Waals surface area contributed by atoms with Gasteiger partial charge in [-0.15, -0.1) is 0 Å². The molecule has 1 aromatic carbocycles. The summed E-state index contributed by atoms with van der Waals surface area (Å²) in [6.45, 7) is 0. The van der Waals surface area contributed by atoms with Gasteiger partial charge in [0.25, 0.3) is 0 Å². The van der Waals surface area contributed by atoms with Crippen molar-refractivity contribution in [3.8, 4) is 0 Å². The first-order valence-corrected chi connectivity index (χ1v) is 16.1. The van der Waals surface area contributed by atoms with Gasteiger partial charge in [-0.05, 0) is 71.7 Å². The van der Waals surface area contributed by atoms with Crippen LogP contribution in [-0.4, -0.2) is 15.0 Å². The number of benzene rings is 1. The molecular weight excluding hydrogens is 526 g/mol. The van der Waals surface area contributed by atoms with E-state index >= 15 is 0 Å². The Morgan fingerprint density at radius 3 is 2.58 bits per heavy atom. The predicted octanol–water partition coefficient (Wildman–Crippen LogP) is 7.22. The highest BCUT2D eigenvalue weighted by atomic mass is 16.5. The Hall–Kier alpha value is -4.31. The Morgan fingerprint density at radius 2 is 1.63 bits per heavy atom. The molecule has 7 aliphatic rings. The summed E-state index contributed by atoms with van der Waals surface area (Å²) >= 11 is 0. The molecule has 0 N–H and O–H groups in total. The van der Waals surface area contributed by atoms with Crippen molar-refractivity contribution in [1.29, 1.82) is 0 Å². The monoisotopic (exact) mass is 561 g/mol. The van der Waals surface area contributed by atoms with Gasteiger partial charge < -0.3 is 4.74 Å². The third kappa shape index (κ3) is 4.14. The lowest BCUT2D eigenvalue weighted by atomic mass is 9.72. The molecule has 9 rings (SSSR count). The quantitative estimate of drug-likeness (QED) is 0.397. The third-order valence-electron chi connectivity index (χ3n) is 10.3. The van der Waals surface area contributed by atoms with Gasteiger partial charge >= 0.3 is 0 Å². The van der Waals surface area contributed by atoms with Crippen LogP contribution in [0.3, 0.4) is 0 Å². The van der Waals surface area contributed by atoms with Crippen molar-refractivity contribution in [2.45, 2.75) is 62.7 Å². The largest absolute Gasteiger partial charge is 0.465 e. The first kappa shape index (κ1) is 25.2. The predicted molar refractivity (Wildman–Crippen MR) is 172 cm³/mol. The van der Waals surface area contributed by atoms with Crippen molar-refractivity contribution >= 4 is 23.8 Å². The van der Waals surface area contributed by atoms with Gasteiger partial charge in [0, 0.05) is 29.7 Å². The molecule has 5 unspecified atom stereocenters. The Balaban J connectivity index is 1.15. The van der Waals surface area contributed by atoms with Crippen LogP contribution in [-0.2, 0) is 4.74 Å². The molecule has 4 nitrogen and oxygen atoms in total. The SMILES string of the molecule is C1=CCC(c2nc(C3=CC=CC4c5ccc6c(c5C=CC34)=CCCC=6)nc(C3C=CC=C4OC5=C(CCCC5)C43)n2)C=C1. The molecule has 0 bridgehead atoms. The average molecular weight is 562 g/mol. The zero-order valence-electron chi connectivity index (χ0n) is 24.3. The molecule has 5 atom stereocenters. The Morgan fingerprint density at radius 1 is 0.744 bits per heavy atom. The van der Waals surface area contributed by atoms with Crippen LogP contribution in [0.5, 0.6) is 0 Å². The van der Waals surface area contributed by atoms with Crippen molar-refractivity contribution in [3.05, 3.63) is 135 Å². The van der Waals surface area contributed by atoms with Crippen LogP contribution >= 0.6 is 0 Å². The molecular formula is C39H35N3O. The molecule has 0 amide bonds. The number of ether oxygens (including phenoxy) is 1. The van der Waals surface area contributed by atoms with E-state index in [-0.39, 0.29) is 29.6 Å². The van der Waals surface area contributed by atoms with E-state index < -0.39 is 0 Å². The Bertz CT molecular complexity index is 1910. The fourth-order valence-electron chi connectivity index (χ4n) is 8.16. The second-order valence-corrected chi connectivity index (χ2v) is 12.7. The van der Waals surface area contributed by atoms with Crippen molar-refractivity contribution in [1.82, 2.24) is 15.0 Å². The lowest BCUT2D eigenvalue weighted by Crippen LogP contribution is -2.33. The van der Waals surface area contributed by atoms with Gasteiger partial charge in [0.1, 0.15) is 23.2 Å². The smallest absolute Gasteiger partial charge is 0.159 e. The number of fused-ring (bicyclic) bond motifs is 7. The first-order chi connectivity index (χ1) is 21.3. The summed E-state index contributed by atoms with van der Waals surface area (Å²) in [5.41, 5.74) is 5.42. The maximum atomic E-state index is 6.42. The van der Waals surface area contributed by atoms with Crippen LogP contribution in [0.15, 0.2) is 96.1 Å². The molecule has 0 fully saturated rings. The maximum Gasteiger partial charge on any atom is 0.159 e. The summed E-state index contributed by atoms with van der Waals surface area (Å²) in [4.78, 5) is 15.8. The summed E-state index contributed by atoms with van der Waals surface area (Å²) in [6, 6.07) is 4.66. The maximum absolute atomic E-state index is 6.42. The fraction of sp³-hybridized carbons (Fsp3) is 0.308. The van der Waals surface area contributed by atoms with E-state index in [1.54, 1.807) is 0 Å². The summed E-state index contributed by atoms with van der Waals surface area (Å²) in [7, 11) is 0. The molecule has 1 aliphatic heterocycles. The van der Waals surface area contributed by atoms with E-state index in [0.29, 0.717) is 0 Å². The standard InChI is InChI=1S/C39H35N3O/c1-2-11-25(12-3-1)37-40-38(42-39(41-37)33-17-9-19-35-36(33)32-14-6-7-18-34(32)43-35)31-16-8-15-27-29-21-20-24-10-4-5-13-26(24)28(29)22-23-30(27)31/h1-3,8-11,13,15-17,19-23,25,27,30,33,36H,4-7,12,14,18H2. The van der Waals surface area contributed by atoms with Gasteiger partial charge in [-0.1, -0.05) is 91.1 Å². The highest BCUT2D eigenvalue weighted by Gasteiger charge is 2.41. The molecule has 0 radical (unpaired) electrons. The average Bonchev–Trinajstić information content (AvgIpc) is 3.47. The number of hydrogen-bond acceptors (Lipinski definition) is 4. The minimum Gasteiger partial charge on any atom is -0.465 e. The van der Waals surface area contributed by atoms with Crippen LogP contribution in [0.1, 0.15) is 91.3 Å². The van der Waals surface area contributed by atoms with Crippen LogP contribution in [0.25, 0.3) is 23.8 Å². The molecule has 0 spiro atoms. The van der Waals surface area contributed by atoms with Gasteiger partial charge in [0.15, 0.2) is 5.82 Å². The van der Waals surface area contributed by atoms with Gasteiger partial charge in [-0.3, -0.25) is 0 Å². The van der Waals surface area contributed by atoms with E-state index in [4.69, 9.17) is 19.7 Å². The number of hydrogen-bond donors (Lipinski definition) is 0. The molecule has 0 saturated carbocycles. The summed E-state index contributed by atoms with van der Waals surface area (Å²) < 4.78 is 6.42. The molecule has 0 saturated heterocycles. The molecule has 1 aromatic heterocycles. The summed E-state index contributed by atoms with van der Waals surface area (Å²) in [6.07, 6.45) is 39.3. The van der Waals surface area contributed by atoms with Crippen molar-refractivity contribution in [3.63, 3.8) is 0 Å². The third-order valence-corrected chi connectivity index (χ3v) is 10.3. The lowest BCUT2D eigenvalue weighted by molar-refractivity contribution is 0.283. The second kappa shape index (κ2) is 10.2. The topological polar surface area (TPSA) is 47.9 Å². The molecule has 43 heavy (non-hydrogen) atoms. The molecule has 2 aromatic rings. The van der Waals surface area contributed by atoms with Crippen molar-refractivity contribution in [2.75, 3.05) is 0 Å². The number of allylic oxidation sites excluding steroid dienone is 14. The van der Waals surface area contributed by atoms with E-state index in [2.05, 4.69) is 97.2 Å². The molecule has 4 heteroatoms. The zero-order valence-corrected chi connectivity index (χ0v) is 24.3. The number of aromatic nitrogens is 3. The van der Waals surface area contributed by atoms with Crippen molar-refractivity contribution < 1.29 is 4.74 Å². The highest BCUT2D eigenvalue weighted by molar-refractivity contribution is 5.75. The van der Waals surface area contributed by atoms with Crippen LogP contribution in [0, 0.1) is 11.8 Å². The first-order valence-electron chi connectivity index (χ1n) is 16.1. The number of rotatable bonds is 3. The highest BCUT2D eigenvalue weighted by Crippen LogP contribution is 2.50. The molecule has 212 valence electrons. The Labute approximate surface area is 252 Å². The van der Waals surface area contributed by atoms with Crippen LogP contribution < -0.4 is 10.4 Å². The minimum atomic E-state index is 0.0469. The second-order valence-electron chi connectivity index (χ2n) is 12.7. The van der Waals surface area contributed by atoms with Crippen LogP contribution in [0.2, 0.25) is 0 Å². The number of nitrogens with zero attached hydrogens (tertiary/aromatic N) is 3. The van der Waals surface area contributed by atoms with E-state index in [1.807, 2.05) is 0 Å². The van der Waals surface area contributed by atoms with Crippen molar-refractivity contribution in [2.24, 2.45) is 11.8 Å². The van der Waals surface area contributed by atoms with E-state index in [0.717, 1.165) is 55.3 Å². The summed E-state index contributed by atoms with van der Waals surface area (Å²) in [5.74, 6) is 5.65. The van der Waals surface area contributed by atoms with Gasteiger partial charge in [0.2, 0.25) is 0 Å².